The molecule has 1 aliphatic carbocycles. The molecule has 8 nitrogen and oxygen atoms in total. The van der Waals surface area contributed by atoms with Crippen LogP contribution < -0.4 is 22.1 Å². The minimum absolute atomic E-state index is 0.0513. The summed E-state index contributed by atoms with van der Waals surface area (Å²) in [5.74, 6) is 0.157. The molecule has 0 aromatic heterocycles. The Bertz CT molecular complexity index is 754. The molecule has 0 aromatic rings. The van der Waals surface area contributed by atoms with Gasteiger partial charge in [-0.15, -0.1) is 0 Å². The predicted octanol–water partition coefficient (Wildman–Crippen LogP) is 1.36. The molecule has 0 bridgehead atoms. The second-order valence-corrected chi connectivity index (χ2v) is 11.2. The van der Waals surface area contributed by atoms with Gasteiger partial charge in [-0.1, -0.05) is 19.8 Å². The van der Waals surface area contributed by atoms with E-state index in [1.54, 1.807) is 0 Å². The van der Waals surface area contributed by atoms with E-state index in [-0.39, 0.29) is 23.3 Å². The first kappa shape index (κ1) is 24.6. The summed E-state index contributed by atoms with van der Waals surface area (Å²) in [6, 6.07) is 2.72. The highest BCUT2D eigenvalue weighted by Crippen LogP contribution is 2.59. The van der Waals surface area contributed by atoms with E-state index in [0.29, 0.717) is 24.9 Å². The summed E-state index contributed by atoms with van der Waals surface area (Å²) in [5.41, 5.74) is 13.4. The molecule has 6 N–H and O–H groups in total. The molecule has 184 valence electrons. The van der Waals surface area contributed by atoms with Crippen molar-refractivity contribution in [3.8, 4) is 6.07 Å². The van der Waals surface area contributed by atoms with Gasteiger partial charge in [0.05, 0.1) is 18.3 Å². The van der Waals surface area contributed by atoms with Gasteiger partial charge in [0.2, 0.25) is 5.91 Å². The molecule has 0 aromatic carbocycles. The van der Waals surface area contributed by atoms with Gasteiger partial charge >= 0.3 is 0 Å². The summed E-state index contributed by atoms with van der Waals surface area (Å²) in [5, 5.41) is 16.0. The summed E-state index contributed by atoms with van der Waals surface area (Å²) in [4.78, 5) is 21.1. The number of nitriles is 1. The number of likely N-dealkylation sites (tertiary alicyclic amines) is 1. The van der Waals surface area contributed by atoms with Gasteiger partial charge in [-0.2, -0.15) is 5.26 Å². The van der Waals surface area contributed by atoms with Crippen molar-refractivity contribution in [1.82, 2.24) is 15.5 Å². The van der Waals surface area contributed by atoms with Crippen molar-refractivity contribution in [3.63, 3.8) is 0 Å². The normalized spacial score (nSPS) is 36.4. The van der Waals surface area contributed by atoms with Gasteiger partial charge in [0.1, 0.15) is 5.92 Å². The average molecular weight is 458 g/mol. The third-order valence-electron chi connectivity index (χ3n) is 8.58. The number of nitrogens with zero attached hydrogens (tertiary/aromatic N) is 3. The molecule has 3 fully saturated rings. The van der Waals surface area contributed by atoms with Crippen LogP contribution in [0.2, 0.25) is 0 Å². The van der Waals surface area contributed by atoms with E-state index in [9.17, 15) is 10.1 Å². The van der Waals surface area contributed by atoms with Crippen molar-refractivity contribution in [2.24, 2.45) is 39.6 Å². The number of nitrogens with one attached hydrogen (secondary N) is 2. The molecule has 6 atom stereocenters. The van der Waals surface area contributed by atoms with Crippen LogP contribution in [0.15, 0.2) is 4.99 Å². The van der Waals surface area contributed by atoms with Crippen molar-refractivity contribution >= 4 is 11.6 Å². The first-order valence-electron chi connectivity index (χ1n) is 13.1. The quantitative estimate of drug-likeness (QED) is 0.445. The monoisotopic (exact) mass is 457 g/mol. The lowest BCUT2D eigenvalue weighted by molar-refractivity contribution is -0.125. The molecule has 1 saturated carbocycles. The number of amides is 1. The molecule has 3 heterocycles. The lowest BCUT2D eigenvalue weighted by Crippen LogP contribution is -2.62. The molecule has 4 rings (SSSR count). The molecule has 3 aliphatic heterocycles. The number of piperidine rings is 1. The number of aliphatic imine (C=N–C) groups is 1. The lowest BCUT2D eigenvalue weighted by Gasteiger charge is -2.41. The van der Waals surface area contributed by atoms with Crippen LogP contribution in [0.5, 0.6) is 0 Å². The van der Waals surface area contributed by atoms with Gasteiger partial charge in [0.15, 0.2) is 0 Å². The highest BCUT2D eigenvalue weighted by molar-refractivity contribution is 6.05. The molecule has 4 aliphatic rings. The Hall–Kier alpha value is -1.53. The zero-order chi connectivity index (χ0) is 23.4. The molecule has 33 heavy (non-hydrogen) atoms. The van der Waals surface area contributed by atoms with Crippen molar-refractivity contribution in [1.29, 1.82) is 5.26 Å². The first-order chi connectivity index (χ1) is 15.9. The molecular weight excluding hydrogens is 414 g/mol. The van der Waals surface area contributed by atoms with Crippen LogP contribution in [-0.2, 0) is 4.79 Å². The number of carbonyl (C=O) groups excluding carboxylic acids is 1. The largest absolute Gasteiger partial charge is 0.350 e. The Balaban J connectivity index is 1.49. The minimum Gasteiger partial charge on any atom is -0.350 e. The van der Waals surface area contributed by atoms with Crippen molar-refractivity contribution in [2.75, 3.05) is 32.7 Å². The van der Waals surface area contributed by atoms with Crippen LogP contribution in [0.25, 0.3) is 0 Å². The summed E-state index contributed by atoms with van der Waals surface area (Å²) in [6.45, 7) is 6.86. The van der Waals surface area contributed by atoms with Crippen LogP contribution in [0.3, 0.4) is 0 Å². The molecule has 6 unspecified atom stereocenters. The SMILES string of the molecule is CC12CC(C(C(=O)NC3CNCCC3N3CCCCCC3)C(N)N)=NCC(CC#N)CC1C2. The Morgan fingerprint density at radius 2 is 2.09 bits per heavy atom. The number of carbonyl (C=O) groups is 1. The summed E-state index contributed by atoms with van der Waals surface area (Å²) >= 11 is 0. The highest BCUT2D eigenvalue weighted by atomic mass is 16.2. The molecule has 0 spiro atoms. The number of hydrogen-bond donors (Lipinski definition) is 4. The number of rotatable bonds is 6. The third-order valence-corrected chi connectivity index (χ3v) is 8.58. The van der Waals surface area contributed by atoms with Crippen LogP contribution in [0.4, 0.5) is 0 Å². The highest BCUT2D eigenvalue weighted by Gasteiger charge is 2.52. The van der Waals surface area contributed by atoms with Gasteiger partial charge in [-0.3, -0.25) is 14.7 Å². The van der Waals surface area contributed by atoms with Gasteiger partial charge < -0.3 is 22.1 Å². The standard InChI is InChI=1S/C25H43N7O/c1-25-13-18(25)12-17(6-8-26)15-30-19(14-25)22(23(27)28)24(33)31-20-16-29-9-7-21(20)32-10-4-2-3-5-11-32/h17-18,20-23,29H,2-7,9-16,27-28H2,1H3,(H,31,33). The Kier molecular flexibility index (Phi) is 8.06. The maximum Gasteiger partial charge on any atom is 0.232 e. The zero-order valence-corrected chi connectivity index (χ0v) is 20.3. The van der Waals surface area contributed by atoms with Crippen molar-refractivity contribution < 1.29 is 4.79 Å². The molecule has 8 heteroatoms. The Labute approximate surface area is 198 Å². The topological polar surface area (TPSA) is 133 Å². The van der Waals surface area contributed by atoms with E-state index in [0.717, 1.165) is 57.6 Å². The number of nitrogens with two attached hydrogens (primary N) is 2. The summed E-state index contributed by atoms with van der Waals surface area (Å²) in [7, 11) is 0. The Morgan fingerprint density at radius 3 is 2.79 bits per heavy atom. The van der Waals surface area contributed by atoms with Gasteiger partial charge in [-0.05, 0) is 75.4 Å². The third kappa shape index (κ3) is 5.94. The van der Waals surface area contributed by atoms with E-state index in [1.807, 2.05) is 0 Å². The van der Waals surface area contributed by atoms with E-state index >= 15 is 0 Å². The predicted molar refractivity (Wildman–Crippen MR) is 130 cm³/mol. The number of hydrogen-bond acceptors (Lipinski definition) is 7. The van der Waals surface area contributed by atoms with Crippen LogP contribution in [-0.4, -0.2) is 67.5 Å². The first-order valence-corrected chi connectivity index (χ1v) is 13.1. The molecule has 2 saturated heterocycles. The van der Waals surface area contributed by atoms with E-state index in [4.69, 9.17) is 16.5 Å². The van der Waals surface area contributed by atoms with Gasteiger partial charge in [-0.25, -0.2) is 0 Å². The minimum atomic E-state index is -0.786. The van der Waals surface area contributed by atoms with Crippen LogP contribution in [0, 0.1) is 34.5 Å². The lowest BCUT2D eigenvalue weighted by atomic mass is 9.84. The van der Waals surface area contributed by atoms with Gasteiger partial charge in [0, 0.05) is 31.3 Å². The van der Waals surface area contributed by atoms with E-state index in [2.05, 4.69) is 28.5 Å². The van der Waals surface area contributed by atoms with E-state index < -0.39 is 12.1 Å². The second kappa shape index (κ2) is 10.8. The molecular formula is C25H43N7O. The second-order valence-electron chi connectivity index (χ2n) is 11.2. The maximum absolute atomic E-state index is 13.6. The smallest absolute Gasteiger partial charge is 0.232 e. The summed E-state index contributed by atoms with van der Waals surface area (Å²) in [6.07, 6.45) is 8.81. The summed E-state index contributed by atoms with van der Waals surface area (Å²) < 4.78 is 0. The zero-order valence-electron chi connectivity index (χ0n) is 20.3. The fourth-order valence-corrected chi connectivity index (χ4v) is 6.44. The fourth-order valence-electron chi connectivity index (χ4n) is 6.44. The van der Waals surface area contributed by atoms with Gasteiger partial charge in [0.25, 0.3) is 0 Å². The molecule has 1 amide bonds. The Morgan fingerprint density at radius 1 is 1.33 bits per heavy atom. The average Bonchev–Trinajstić information content (AvgIpc) is 3.47. The number of fused-ring (bicyclic) bond motifs is 1. The maximum atomic E-state index is 13.6. The fraction of sp³-hybridized carbons (Fsp3) is 0.880. The molecule has 0 radical (unpaired) electrons. The van der Waals surface area contributed by atoms with Crippen LogP contribution >= 0.6 is 0 Å². The van der Waals surface area contributed by atoms with Crippen molar-refractivity contribution in [2.45, 2.75) is 83.0 Å². The van der Waals surface area contributed by atoms with Crippen molar-refractivity contribution in [3.05, 3.63) is 0 Å². The van der Waals surface area contributed by atoms with Crippen LogP contribution in [0.1, 0.15) is 64.7 Å². The van der Waals surface area contributed by atoms with E-state index in [1.165, 1.54) is 25.7 Å².